The number of hydrogen-bond acceptors (Lipinski definition) is 6. The highest BCUT2D eigenvalue weighted by molar-refractivity contribution is 5.88. The lowest BCUT2D eigenvalue weighted by Gasteiger charge is -2.21. The van der Waals surface area contributed by atoms with Crippen LogP contribution in [0.3, 0.4) is 0 Å². The monoisotopic (exact) mass is 430 g/mol. The predicted molar refractivity (Wildman–Crippen MR) is 122 cm³/mol. The average molecular weight is 431 g/mol. The number of ether oxygens (including phenoxy) is 1. The van der Waals surface area contributed by atoms with Gasteiger partial charge in [0.1, 0.15) is 11.8 Å². The van der Waals surface area contributed by atoms with Gasteiger partial charge in [-0.3, -0.25) is 9.78 Å². The zero-order valence-electron chi connectivity index (χ0n) is 18.6. The summed E-state index contributed by atoms with van der Waals surface area (Å²) in [6, 6.07) is 15.2. The van der Waals surface area contributed by atoms with Gasteiger partial charge in [0.25, 0.3) is 0 Å². The van der Waals surface area contributed by atoms with Gasteiger partial charge in [-0.15, -0.1) is 0 Å². The van der Waals surface area contributed by atoms with Gasteiger partial charge in [-0.2, -0.15) is 4.98 Å². The Morgan fingerprint density at radius 3 is 2.44 bits per heavy atom. The lowest BCUT2D eigenvalue weighted by Crippen LogP contribution is -2.34. The third-order valence-corrected chi connectivity index (χ3v) is 5.58. The van der Waals surface area contributed by atoms with E-state index in [0.717, 1.165) is 27.6 Å². The van der Waals surface area contributed by atoms with Gasteiger partial charge in [-0.05, 0) is 53.4 Å². The van der Waals surface area contributed by atoms with Crippen LogP contribution in [0, 0.1) is 5.92 Å². The fraction of sp³-hybridized carbons (Fsp3) is 0.280. The van der Waals surface area contributed by atoms with Crippen molar-refractivity contribution in [1.29, 1.82) is 0 Å². The Morgan fingerprint density at radius 2 is 1.72 bits per heavy atom. The highest BCUT2D eigenvalue weighted by atomic mass is 16.5. The third kappa shape index (κ3) is 4.46. The van der Waals surface area contributed by atoms with E-state index >= 15 is 0 Å². The zero-order chi connectivity index (χ0) is 22.7. The topological polar surface area (TPSA) is 90.1 Å². The molecule has 0 saturated heterocycles. The maximum atomic E-state index is 13.1. The molecule has 0 aliphatic carbocycles. The number of aromatic nitrogens is 3. The molecule has 0 radical (unpaired) electrons. The first-order chi connectivity index (χ1) is 15.5. The minimum absolute atomic E-state index is 0.0703. The van der Waals surface area contributed by atoms with Crippen LogP contribution in [0.5, 0.6) is 5.75 Å². The molecule has 32 heavy (non-hydrogen) atoms. The molecule has 0 aliphatic heterocycles. The molecule has 2 atom stereocenters. The van der Waals surface area contributed by atoms with Crippen molar-refractivity contribution in [2.75, 3.05) is 7.11 Å². The summed E-state index contributed by atoms with van der Waals surface area (Å²) in [5, 5.41) is 9.29. The van der Waals surface area contributed by atoms with Crippen molar-refractivity contribution in [2.24, 2.45) is 5.92 Å². The first-order valence-corrected chi connectivity index (χ1v) is 10.6. The van der Waals surface area contributed by atoms with E-state index < -0.39 is 6.04 Å². The van der Waals surface area contributed by atoms with Crippen molar-refractivity contribution in [3.63, 3.8) is 0 Å². The predicted octanol–water partition coefficient (Wildman–Crippen LogP) is 4.91. The van der Waals surface area contributed by atoms with Gasteiger partial charge < -0.3 is 14.6 Å². The van der Waals surface area contributed by atoms with E-state index in [1.54, 1.807) is 19.5 Å². The molecule has 7 heteroatoms. The van der Waals surface area contributed by atoms with Crippen LogP contribution in [0.4, 0.5) is 0 Å². The Bertz CT molecular complexity index is 1220. The molecule has 1 unspecified atom stereocenters. The second-order valence-electron chi connectivity index (χ2n) is 8.12. The number of amides is 1. The highest BCUT2D eigenvalue weighted by Crippen LogP contribution is 2.27. The van der Waals surface area contributed by atoms with E-state index in [4.69, 9.17) is 9.26 Å². The molecule has 2 heterocycles. The smallest absolute Gasteiger partial charge is 0.249 e. The fourth-order valence-corrected chi connectivity index (χ4v) is 3.56. The van der Waals surface area contributed by atoms with Crippen LogP contribution in [0.2, 0.25) is 0 Å². The summed E-state index contributed by atoms with van der Waals surface area (Å²) in [5.41, 5.74) is 1.75. The fourth-order valence-electron chi connectivity index (χ4n) is 3.56. The average Bonchev–Trinajstić information content (AvgIpc) is 3.31. The Kier molecular flexibility index (Phi) is 6.16. The van der Waals surface area contributed by atoms with Crippen LogP contribution in [-0.4, -0.2) is 28.1 Å². The summed E-state index contributed by atoms with van der Waals surface area (Å²) in [6.07, 6.45) is 3.35. The molecular formula is C25H26N4O3. The zero-order valence-corrected chi connectivity index (χ0v) is 18.6. The molecule has 0 saturated carbocycles. The number of carbonyl (C=O) groups is 1. The van der Waals surface area contributed by atoms with Crippen LogP contribution in [0.15, 0.2) is 65.4 Å². The quantitative estimate of drug-likeness (QED) is 0.448. The molecule has 0 fully saturated rings. The van der Waals surface area contributed by atoms with Crippen molar-refractivity contribution in [3.05, 3.63) is 72.4 Å². The van der Waals surface area contributed by atoms with E-state index in [1.807, 2.05) is 69.3 Å². The van der Waals surface area contributed by atoms with Gasteiger partial charge in [-0.1, -0.05) is 43.3 Å². The maximum Gasteiger partial charge on any atom is 0.249 e. The lowest BCUT2D eigenvalue weighted by atomic mass is 9.95. The number of hydrogen-bond donors (Lipinski definition) is 1. The molecule has 1 N–H and O–H groups in total. The van der Waals surface area contributed by atoms with Gasteiger partial charge in [0.2, 0.25) is 17.6 Å². The van der Waals surface area contributed by atoms with Crippen molar-refractivity contribution in [1.82, 2.24) is 20.4 Å². The van der Waals surface area contributed by atoms with Gasteiger partial charge in [-0.25, -0.2) is 0 Å². The first-order valence-electron chi connectivity index (χ1n) is 10.6. The number of nitrogens with zero attached hydrogens (tertiary/aromatic N) is 3. The SMILES string of the molecule is COc1ccc2cc([C@H](C)C(=O)NC(c3nc(-c4ccncc4)no3)C(C)C)ccc2c1. The van der Waals surface area contributed by atoms with E-state index in [9.17, 15) is 4.79 Å². The van der Waals surface area contributed by atoms with Crippen LogP contribution < -0.4 is 10.1 Å². The number of methoxy groups -OCH3 is 1. The van der Waals surface area contributed by atoms with E-state index in [0.29, 0.717) is 11.7 Å². The van der Waals surface area contributed by atoms with Crippen LogP contribution in [0.25, 0.3) is 22.2 Å². The summed E-state index contributed by atoms with van der Waals surface area (Å²) >= 11 is 0. The van der Waals surface area contributed by atoms with E-state index in [1.165, 1.54) is 0 Å². The molecule has 1 amide bonds. The Morgan fingerprint density at radius 1 is 1.00 bits per heavy atom. The summed E-state index contributed by atoms with van der Waals surface area (Å²) in [4.78, 5) is 21.6. The number of carbonyl (C=O) groups excluding carboxylic acids is 1. The first kappa shape index (κ1) is 21.5. The third-order valence-electron chi connectivity index (χ3n) is 5.58. The molecule has 4 aromatic rings. The van der Waals surface area contributed by atoms with Crippen LogP contribution in [0.1, 0.15) is 44.2 Å². The molecule has 0 spiro atoms. The minimum atomic E-state index is -0.391. The van der Waals surface area contributed by atoms with Gasteiger partial charge in [0.05, 0.1) is 13.0 Å². The number of rotatable bonds is 7. The Hall–Kier alpha value is -3.74. The van der Waals surface area contributed by atoms with Crippen molar-refractivity contribution in [2.45, 2.75) is 32.7 Å². The van der Waals surface area contributed by atoms with Gasteiger partial charge in [0.15, 0.2) is 0 Å². The molecule has 164 valence electrons. The van der Waals surface area contributed by atoms with E-state index in [-0.39, 0.29) is 17.7 Å². The van der Waals surface area contributed by atoms with Crippen molar-refractivity contribution < 1.29 is 14.1 Å². The minimum Gasteiger partial charge on any atom is -0.497 e. The maximum absolute atomic E-state index is 13.1. The van der Waals surface area contributed by atoms with Crippen LogP contribution >= 0.6 is 0 Å². The Labute approximate surface area is 186 Å². The van der Waals surface area contributed by atoms with Gasteiger partial charge >= 0.3 is 0 Å². The largest absolute Gasteiger partial charge is 0.497 e. The van der Waals surface area contributed by atoms with Crippen molar-refractivity contribution in [3.8, 4) is 17.1 Å². The standard InChI is InChI=1S/C25H26N4O3/c1-15(2)22(25-28-23(29-32-25)17-9-11-26-12-10-17)27-24(30)16(3)18-5-6-20-14-21(31-4)8-7-19(20)13-18/h5-16,22H,1-4H3,(H,27,30)/t16-,22?/m0/s1. The molecule has 4 rings (SSSR count). The molecule has 0 aliphatic rings. The highest BCUT2D eigenvalue weighted by Gasteiger charge is 2.27. The second-order valence-corrected chi connectivity index (χ2v) is 8.12. The molecule has 2 aromatic carbocycles. The summed E-state index contributed by atoms with van der Waals surface area (Å²) in [7, 11) is 1.65. The van der Waals surface area contributed by atoms with Gasteiger partial charge in [0, 0.05) is 18.0 Å². The molecular weight excluding hydrogens is 404 g/mol. The van der Waals surface area contributed by atoms with Crippen molar-refractivity contribution >= 4 is 16.7 Å². The number of fused-ring (bicyclic) bond motifs is 1. The lowest BCUT2D eigenvalue weighted by molar-refractivity contribution is -0.123. The van der Waals surface area contributed by atoms with E-state index in [2.05, 4.69) is 20.4 Å². The summed E-state index contributed by atoms with van der Waals surface area (Å²) in [5.74, 6) is 1.30. The normalized spacial score (nSPS) is 13.2. The number of nitrogens with one attached hydrogen (secondary N) is 1. The number of benzene rings is 2. The van der Waals surface area contributed by atoms with Crippen LogP contribution in [-0.2, 0) is 4.79 Å². The molecule has 2 aromatic heterocycles. The molecule has 0 bridgehead atoms. The Balaban J connectivity index is 1.53. The molecule has 7 nitrogen and oxygen atoms in total. The number of pyridine rings is 1. The second kappa shape index (κ2) is 9.18. The summed E-state index contributed by atoms with van der Waals surface area (Å²) < 4.78 is 10.8. The summed E-state index contributed by atoms with van der Waals surface area (Å²) in [6.45, 7) is 5.91.